The average Bonchev–Trinajstić information content (AvgIpc) is 2.75. The second-order valence-corrected chi connectivity index (χ2v) is 5.05. The molecule has 1 aromatic rings. The highest BCUT2D eigenvalue weighted by Gasteiger charge is 2.31. The molecule has 0 aliphatic carbocycles. The first-order valence-corrected chi connectivity index (χ1v) is 6.52. The fourth-order valence-corrected chi connectivity index (χ4v) is 2.54. The lowest BCUT2D eigenvalue weighted by Crippen LogP contribution is -2.37. The molecule has 0 aromatic carbocycles. The van der Waals surface area contributed by atoms with Crippen LogP contribution < -0.4 is 0 Å². The topological polar surface area (TPSA) is 70.5 Å². The number of halogens is 1. The second kappa shape index (κ2) is 5.48. The molecule has 5 nitrogen and oxygen atoms in total. The van der Waals surface area contributed by atoms with Crippen molar-refractivity contribution in [2.24, 2.45) is 0 Å². The van der Waals surface area contributed by atoms with E-state index in [1.54, 1.807) is 23.1 Å². The average molecular weight is 313 g/mol. The minimum absolute atomic E-state index is 0.000255. The van der Waals surface area contributed by atoms with Gasteiger partial charge < -0.3 is 10.0 Å². The number of carbonyl (C=O) groups is 2. The number of rotatable bonds is 3. The van der Waals surface area contributed by atoms with Crippen LogP contribution in [0.1, 0.15) is 29.8 Å². The van der Waals surface area contributed by atoms with E-state index in [0.717, 1.165) is 12.8 Å². The number of carboxylic acids is 1. The Hall–Kier alpha value is -1.43. The molecule has 1 N–H and O–H groups in total. The molecular weight excluding hydrogens is 300 g/mol. The van der Waals surface area contributed by atoms with Crippen molar-refractivity contribution in [2.75, 3.05) is 6.54 Å². The third-order valence-electron chi connectivity index (χ3n) is 2.98. The Labute approximate surface area is 113 Å². The third-order valence-corrected chi connectivity index (χ3v) is 3.42. The summed E-state index contributed by atoms with van der Waals surface area (Å²) in [7, 11) is 0. The standard InChI is InChI=1S/C12H13BrN2O3/c13-10-5-1-4-9(14-10)12(18)15-6-2-3-8(15)7-11(16)17/h1,4-5,8H,2-3,6-7H2,(H,16,17). The molecule has 2 heterocycles. The summed E-state index contributed by atoms with van der Waals surface area (Å²) < 4.78 is 0.599. The molecule has 18 heavy (non-hydrogen) atoms. The van der Waals surface area contributed by atoms with Gasteiger partial charge in [0, 0.05) is 12.6 Å². The number of nitrogens with zero attached hydrogens (tertiary/aromatic N) is 2. The minimum Gasteiger partial charge on any atom is -0.481 e. The normalized spacial score (nSPS) is 18.9. The lowest BCUT2D eigenvalue weighted by Gasteiger charge is -2.23. The van der Waals surface area contributed by atoms with Gasteiger partial charge in [-0.2, -0.15) is 0 Å². The van der Waals surface area contributed by atoms with Crippen molar-refractivity contribution in [3.8, 4) is 0 Å². The van der Waals surface area contributed by atoms with Crippen molar-refractivity contribution in [1.29, 1.82) is 0 Å². The van der Waals surface area contributed by atoms with Gasteiger partial charge in [0.15, 0.2) is 0 Å². The molecule has 0 spiro atoms. The number of hydrogen-bond donors (Lipinski definition) is 1. The maximum Gasteiger partial charge on any atom is 0.305 e. The number of aromatic nitrogens is 1. The predicted molar refractivity (Wildman–Crippen MR) is 68.2 cm³/mol. The molecule has 1 amide bonds. The maximum absolute atomic E-state index is 12.2. The van der Waals surface area contributed by atoms with E-state index >= 15 is 0 Å². The fraction of sp³-hybridized carbons (Fsp3) is 0.417. The van der Waals surface area contributed by atoms with E-state index in [4.69, 9.17) is 5.11 Å². The number of amides is 1. The van der Waals surface area contributed by atoms with E-state index in [0.29, 0.717) is 16.8 Å². The minimum atomic E-state index is -0.873. The summed E-state index contributed by atoms with van der Waals surface area (Å²) in [6.45, 7) is 0.602. The molecule has 0 radical (unpaired) electrons. The van der Waals surface area contributed by atoms with Crippen molar-refractivity contribution in [1.82, 2.24) is 9.88 Å². The van der Waals surface area contributed by atoms with Crippen LogP contribution in [-0.4, -0.2) is 39.5 Å². The zero-order chi connectivity index (χ0) is 13.1. The van der Waals surface area contributed by atoms with Crippen LogP contribution in [-0.2, 0) is 4.79 Å². The summed E-state index contributed by atoms with van der Waals surface area (Å²) in [6, 6.07) is 4.92. The van der Waals surface area contributed by atoms with Gasteiger partial charge >= 0.3 is 5.97 Å². The Bertz CT molecular complexity index is 478. The van der Waals surface area contributed by atoms with Gasteiger partial charge in [0.25, 0.3) is 5.91 Å². The lowest BCUT2D eigenvalue weighted by atomic mass is 10.1. The first-order chi connectivity index (χ1) is 8.58. The van der Waals surface area contributed by atoms with Crippen molar-refractivity contribution >= 4 is 27.8 Å². The highest BCUT2D eigenvalue weighted by Crippen LogP contribution is 2.22. The van der Waals surface area contributed by atoms with Gasteiger partial charge in [-0.3, -0.25) is 9.59 Å². The van der Waals surface area contributed by atoms with Crippen molar-refractivity contribution in [3.05, 3.63) is 28.5 Å². The van der Waals surface area contributed by atoms with Crippen LogP contribution in [0, 0.1) is 0 Å². The first-order valence-electron chi connectivity index (χ1n) is 5.73. The number of pyridine rings is 1. The number of aliphatic carboxylic acids is 1. The lowest BCUT2D eigenvalue weighted by molar-refractivity contribution is -0.137. The molecule has 0 bridgehead atoms. The summed E-state index contributed by atoms with van der Waals surface area (Å²) in [5, 5.41) is 8.83. The maximum atomic E-state index is 12.2. The highest BCUT2D eigenvalue weighted by molar-refractivity contribution is 9.10. The van der Waals surface area contributed by atoms with Crippen LogP contribution >= 0.6 is 15.9 Å². The van der Waals surface area contributed by atoms with Crippen LogP contribution in [0.4, 0.5) is 0 Å². The molecular formula is C12H13BrN2O3. The molecule has 1 unspecified atom stereocenters. The Morgan fingerprint density at radius 2 is 2.28 bits per heavy atom. The van der Waals surface area contributed by atoms with Gasteiger partial charge in [0.05, 0.1) is 6.42 Å². The van der Waals surface area contributed by atoms with Gasteiger partial charge in [-0.15, -0.1) is 0 Å². The van der Waals surface area contributed by atoms with Gasteiger partial charge in [0.2, 0.25) is 0 Å². The van der Waals surface area contributed by atoms with Crippen LogP contribution in [0.5, 0.6) is 0 Å². The van der Waals surface area contributed by atoms with Crippen LogP contribution in [0.15, 0.2) is 22.8 Å². The molecule has 6 heteroatoms. The van der Waals surface area contributed by atoms with E-state index in [2.05, 4.69) is 20.9 Å². The molecule has 2 rings (SSSR count). The van der Waals surface area contributed by atoms with Crippen LogP contribution in [0.3, 0.4) is 0 Å². The van der Waals surface area contributed by atoms with E-state index in [1.807, 2.05) is 0 Å². The van der Waals surface area contributed by atoms with Gasteiger partial charge in [-0.1, -0.05) is 6.07 Å². The summed E-state index contributed by atoms with van der Waals surface area (Å²) in [4.78, 5) is 28.7. The predicted octanol–water partition coefficient (Wildman–Crippen LogP) is 1.92. The van der Waals surface area contributed by atoms with E-state index < -0.39 is 5.97 Å². The molecule has 96 valence electrons. The summed E-state index contributed by atoms with van der Waals surface area (Å²) in [5.74, 6) is -1.07. The number of carboxylic acid groups (broad SMARTS) is 1. The summed E-state index contributed by atoms with van der Waals surface area (Å²) in [6.07, 6.45) is 1.59. The van der Waals surface area contributed by atoms with Gasteiger partial charge in [-0.05, 0) is 40.9 Å². The summed E-state index contributed by atoms with van der Waals surface area (Å²) >= 11 is 3.22. The van der Waals surface area contributed by atoms with Crippen molar-refractivity contribution in [3.63, 3.8) is 0 Å². The Kier molecular flexibility index (Phi) is 3.96. The third kappa shape index (κ3) is 2.87. The van der Waals surface area contributed by atoms with Crippen molar-refractivity contribution < 1.29 is 14.7 Å². The van der Waals surface area contributed by atoms with Gasteiger partial charge in [-0.25, -0.2) is 4.98 Å². The molecule has 1 saturated heterocycles. The SMILES string of the molecule is O=C(O)CC1CCCN1C(=O)c1cccc(Br)n1. The summed E-state index contributed by atoms with van der Waals surface area (Å²) in [5.41, 5.74) is 0.349. The van der Waals surface area contributed by atoms with Crippen molar-refractivity contribution in [2.45, 2.75) is 25.3 Å². The number of hydrogen-bond acceptors (Lipinski definition) is 3. The van der Waals surface area contributed by atoms with Gasteiger partial charge in [0.1, 0.15) is 10.3 Å². The van der Waals surface area contributed by atoms with E-state index in [1.165, 1.54) is 0 Å². The zero-order valence-corrected chi connectivity index (χ0v) is 11.3. The molecule has 1 aromatic heterocycles. The second-order valence-electron chi connectivity index (χ2n) is 4.24. The Morgan fingerprint density at radius 3 is 2.94 bits per heavy atom. The fourth-order valence-electron chi connectivity index (χ4n) is 2.19. The first kappa shape index (κ1) is 13.0. The molecule has 1 atom stereocenters. The van der Waals surface area contributed by atoms with Crippen LogP contribution in [0.25, 0.3) is 0 Å². The molecule has 1 aliphatic heterocycles. The number of likely N-dealkylation sites (tertiary alicyclic amines) is 1. The highest BCUT2D eigenvalue weighted by atomic mass is 79.9. The quantitative estimate of drug-likeness (QED) is 0.866. The monoisotopic (exact) mass is 312 g/mol. The Morgan fingerprint density at radius 1 is 1.50 bits per heavy atom. The Balaban J connectivity index is 2.15. The number of carbonyl (C=O) groups excluding carboxylic acids is 1. The zero-order valence-electron chi connectivity index (χ0n) is 9.67. The van der Waals surface area contributed by atoms with E-state index in [9.17, 15) is 9.59 Å². The van der Waals surface area contributed by atoms with Crippen LogP contribution in [0.2, 0.25) is 0 Å². The molecule has 1 fully saturated rings. The largest absolute Gasteiger partial charge is 0.481 e. The molecule has 1 aliphatic rings. The smallest absolute Gasteiger partial charge is 0.305 e. The molecule has 0 saturated carbocycles. The van der Waals surface area contributed by atoms with E-state index in [-0.39, 0.29) is 18.4 Å².